The zero-order chi connectivity index (χ0) is 15.9. The molecule has 3 rings (SSSR count). The van der Waals surface area contributed by atoms with Crippen LogP contribution in [0.2, 0.25) is 0 Å². The van der Waals surface area contributed by atoms with Crippen LogP contribution >= 0.6 is 0 Å². The number of aryl methyl sites for hydroxylation is 1. The number of hydrogen-bond acceptors (Lipinski definition) is 3. The number of carboxylic acid groups (broad SMARTS) is 1. The van der Waals surface area contributed by atoms with Crippen molar-refractivity contribution in [2.24, 2.45) is 13.0 Å². The minimum absolute atomic E-state index is 0.0200. The molecule has 22 heavy (non-hydrogen) atoms. The van der Waals surface area contributed by atoms with Crippen LogP contribution in [0.4, 0.5) is 0 Å². The van der Waals surface area contributed by atoms with E-state index in [0.29, 0.717) is 12.8 Å². The molecule has 2 fully saturated rings. The lowest BCUT2D eigenvalue weighted by atomic mass is 9.74. The van der Waals surface area contributed by atoms with Gasteiger partial charge in [0.2, 0.25) is 5.91 Å². The van der Waals surface area contributed by atoms with Crippen molar-refractivity contribution in [1.29, 1.82) is 0 Å². The van der Waals surface area contributed by atoms with Crippen LogP contribution in [-0.4, -0.2) is 43.2 Å². The average Bonchev–Trinajstić information content (AvgIpc) is 3.00. The Balaban J connectivity index is 1.77. The first-order chi connectivity index (χ1) is 10.4. The molecule has 2 heterocycles. The number of carbonyl (C=O) groups excluding carboxylic acids is 1. The number of likely N-dealkylation sites (tertiary alicyclic amines) is 1. The molecule has 1 amide bonds. The number of aromatic nitrogens is 2. The van der Waals surface area contributed by atoms with Gasteiger partial charge < -0.3 is 10.0 Å². The summed E-state index contributed by atoms with van der Waals surface area (Å²) in [4.78, 5) is 26.1. The molecule has 0 aromatic carbocycles. The fraction of sp³-hybridized carbons (Fsp3) is 0.688. The maximum absolute atomic E-state index is 12.9. The summed E-state index contributed by atoms with van der Waals surface area (Å²) in [7, 11) is 1.85. The van der Waals surface area contributed by atoms with Gasteiger partial charge in [0.25, 0.3) is 0 Å². The van der Waals surface area contributed by atoms with Crippen LogP contribution in [0.1, 0.15) is 44.6 Å². The Hall–Kier alpha value is -1.85. The van der Waals surface area contributed by atoms with Crippen molar-refractivity contribution in [3.63, 3.8) is 0 Å². The highest BCUT2D eigenvalue weighted by Gasteiger charge is 2.54. The molecule has 1 N–H and O–H groups in total. The van der Waals surface area contributed by atoms with Gasteiger partial charge in [0.15, 0.2) is 0 Å². The van der Waals surface area contributed by atoms with E-state index in [4.69, 9.17) is 0 Å². The van der Waals surface area contributed by atoms with Crippen molar-refractivity contribution in [2.75, 3.05) is 0 Å². The second-order valence-electron chi connectivity index (χ2n) is 6.81. The number of nitrogens with zero attached hydrogens (tertiary/aromatic N) is 3. The molecular formula is C16H23N3O3. The second-order valence-corrected chi connectivity index (χ2v) is 6.81. The Morgan fingerprint density at radius 2 is 2.18 bits per heavy atom. The van der Waals surface area contributed by atoms with E-state index in [0.717, 1.165) is 31.2 Å². The maximum atomic E-state index is 12.9. The molecule has 1 aliphatic carbocycles. The number of hydrogen-bond donors (Lipinski definition) is 1. The van der Waals surface area contributed by atoms with Gasteiger partial charge >= 0.3 is 5.97 Å². The third-order valence-corrected chi connectivity index (χ3v) is 5.23. The summed E-state index contributed by atoms with van der Waals surface area (Å²) < 4.78 is 1.72. The third-order valence-electron chi connectivity index (χ3n) is 5.23. The van der Waals surface area contributed by atoms with Crippen LogP contribution < -0.4 is 0 Å². The molecule has 6 nitrogen and oxygen atoms in total. The number of amides is 1. The molecule has 1 aromatic heterocycles. The monoisotopic (exact) mass is 305 g/mol. The molecule has 2 unspecified atom stereocenters. The maximum Gasteiger partial charge on any atom is 0.326 e. The summed E-state index contributed by atoms with van der Waals surface area (Å²) in [5, 5.41) is 13.6. The Morgan fingerprint density at radius 1 is 1.45 bits per heavy atom. The van der Waals surface area contributed by atoms with Gasteiger partial charge in [-0.25, -0.2) is 4.79 Å². The van der Waals surface area contributed by atoms with Gasteiger partial charge in [-0.05, 0) is 44.1 Å². The molecule has 1 saturated heterocycles. The van der Waals surface area contributed by atoms with Crippen LogP contribution in [0.15, 0.2) is 12.4 Å². The Labute approximate surface area is 130 Å². The lowest BCUT2D eigenvalue weighted by Crippen LogP contribution is -2.57. The molecule has 1 aliphatic heterocycles. The van der Waals surface area contributed by atoms with Crippen molar-refractivity contribution < 1.29 is 14.7 Å². The van der Waals surface area contributed by atoms with Crippen LogP contribution in [0.3, 0.4) is 0 Å². The van der Waals surface area contributed by atoms with E-state index in [1.807, 2.05) is 20.2 Å². The number of rotatable bonds is 4. The Bertz CT molecular complexity index is 591. The zero-order valence-electron chi connectivity index (χ0n) is 13.2. The Morgan fingerprint density at radius 3 is 2.68 bits per heavy atom. The summed E-state index contributed by atoms with van der Waals surface area (Å²) in [6.07, 6.45) is 8.67. The molecule has 6 heteroatoms. The SMILES string of the molecule is CC(Cc1cnn(C)c1)C(=O)N1C(C(=O)O)CCC12CCC2. The normalized spacial score (nSPS) is 24.3. The topological polar surface area (TPSA) is 75.4 Å². The van der Waals surface area contributed by atoms with E-state index in [9.17, 15) is 14.7 Å². The van der Waals surface area contributed by atoms with Crippen molar-refractivity contribution in [1.82, 2.24) is 14.7 Å². The highest BCUT2D eigenvalue weighted by molar-refractivity contribution is 5.86. The lowest BCUT2D eigenvalue weighted by molar-refractivity contribution is -0.157. The number of aliphatic carboxylic acids is 1. The predicted octanol–water partition coefficient (Wildman–Crippen LogP) is 1.60. The van der Waals surface area contributed by atoms with Gasteiger partial charge in [-0.3, -0.25) is 9.48 Å². The molecular weight excluding hydrogens is 282 g/mol. The van der Waals surface area contributed by atoms with Gasteiger partial charge in [0.1, 0.15) is 6.04 Å². The van der Waals surface area contributed by atoms with E-state index in [1.54, 1.807) is 15.8 Å². The first-order valence-corrected chi connectivity index (χ1v) is 7.96. The molecule has 0 radical (unpaired) electrons. The van der Waals surface area contributed by atoms with Crippen LogP contribution in [-0.2, 0) is 23.1 Å². The summed E-state index contributed by atoms with van der Waals surface area (Å²) >= 11 is 0. The molecule has 0 bridgehead atoms. The van der Waals surface area contributed by atoms with E-state index in [1.165, 1.54) is 0 Å². The fourth-order valence-electron chi connectivity index (χ4n) is 3.94. The van der Waals surface area contributed by atoms with Gasteiger partial charge in [-0.1, -0.05) is 6.92 Å². The molecule has 2 atom stereocenters. The average molecular weight is 305 g/mol. The number of carboxylic acids is 1. The molecule has 120 valence electrons. The number of carbonyl (C=O) groups is 2. The molecule has 1 aromatic rings. The summed E-state index contributed by atoms with van der Waals surface area (Å²) in [6, 6.07) is -0.649. The molecule has 1 saturated carbocycles. The van der Waals surface area contributed by atoms with E-state index >= 15 is 0 Å². The largest absolute Gasteiger partial charge is 0.480 e. The smallest absolute Gasteiger partial charge is 0.326 e. The second kappa shape index (κ2) is 5.41. The van der Waals surface area contributed by atoms with E-state index in [2.05, 4.69) is 5.10 Å². The van der Waals surface area contributed by atoms with Gasteiger partial charge in [-0.2, -0.15) is 5.10 Å². The van der Waals surface area contributed by atoms with Gasteiger partial charge in [0.05, 0.1) is 6.20 Å². The van der Waals surface area contributed by atoms with Crippen molar-refractivity contribution >= 4 is 11.9 Å². The quantitative estimate of drug-likeness (QED) is 0.916. The van der Waals surface area contributed by atoms with Crippen LogP contribution in [0.5, 0.6) is 0 Å². The summed E-state index contributed by atoms with van der Waals surface area (Å²) in [6.45, 7) is 1.89. The minimum atomic E-state index is -0.870. The van der Waals surface area contributed by atoms with Gasteiger partial charge in [0, 0.05) is 24.7 Å². The van der Waals surface area contributed by atoms with Crippen molar-refractivity contribution in [3.05, 3.63) is 18.0 Å². The first kappa shape index (κ1) is 15.1. The zero-order valence-corrected chi connectivity index (χ0v) is 13.2. The first-order valence-electron chi connectivity index (χ1n) is 7.96. The Kier molecular flexibility index (Phi) is 3.70. The predicted molar refractivity (Wildman–Crippen MR) is 80.2 cm³/mol. The van der Waals surface area contributed by atoms with Crippen LogP contribution in [0.25, 0.3) is 0 Å². The van der Waals surface area contributed by atoms with Crippen molar-refractivity contribution in [3.8, 4) is 0 Å². The summed E-state index contributed by atoms with van der Waals surface area (Å²) in [5.41, 5.74) is 0.834. The summed E-state index contributed by atoms with van der Waals surface area (Å²) in [5.74, 6) is -1.11. The third kappa shape index (κ3) is 2.40. The highest BCUT2D eigenvalue weighted by Crippen LogP contribution is 2.48. The molecule has 2 aliphatic rings. The lowest BCUT2D eigenvalue weighted by Gasteiger charge is -2.47. The van der Waals surface area contributed by atoms with E-state index < -0.39 is 12.0 Å². The van der Waals surface area contributed by atoms with Crippen LogP contribution in [0, 0.1) is 5.92 Å². The standard InChI is InChI=1S/C16H23N3O3/c1-11(8-12-9-17-18(2)10-12)14(20)19-13(15(21)22)4-7-16(19)5-3-6-16/h9-11,13H,3-8H2,1-2H3,(H,21,22). The highest BCUT2D eigenvalue weighted by atomic mass is 16.4. The molecule has 1 spiro atoms. The minimum Gasteiger partial charge on any atom is -0.480 e. The van der Waals surface area contributed by atoms with E-state index in [-0.39, 0.29) is 17.4 Å². The van der Waals surface area contributed by atoms with Crippen molar-refractivity contribution in [2.45, 2.75) is 57.0 Å². The fourth-order valence-corrected chi connectivity index (χ4v) is 3.94. The van der Waals surface area contributed by atoms with Gasteiger partial charge in [-0.15, -0.1) is 0 Å².